The van der Waals surface area contributed by atoms with Crippen LogP contribution >= 0.6 is 23.4 Å². The maximum absolute atomic E-state index is 11.7. The quantitative estimate of drug-likeness (QED) is 0.770. The summed E-state index contributed by atoms with van der Waals surface area (Å²) in [4.78, 5) is 15.6. The van der Waals surface area contributed by atoms with Crippen molar-refractivity contribution in [1.82, 2.24) is 10.3 Å². The third kappa shape index (κ3) is 2.62. The number of pyridine rings is 1. The van der Waals surface area contributed by atoms with Crippen LogP contribution in [-0.4, -0.2) is 28.6 Å². The summed E-state index contributed by atoms with van der Waals surface area (Å²) in [6, 6.07) is 3.33. The molecular weight excluding hydrogens is 234 g/mol. The van der Waals surface area contributed by atoms with E-state index in [0.29, 0.717) is 10.8 Å². The van der Waals surface area contributed by atoms with E-state index in [2.05, 4.69) is 15.6 Å². The van der Waals surface area contributed by atoms with Crippen molar-refractivity contribution >= 4 is 35.0 Å². The highest BCUT2D eigenvalue weighted by Crippen LogP contribution is 2.18. The summed E-state index contributed by atoms with van der Waals surface area (Å²) in [7, 11) is 0. The van der Waals surface area contributed by atoms with Crippen molar-refractivity contribution in [3.05, 3.63) is 23.5 Å². The van der Waals surface area contributed by atoms with Gasteiger partial charge in [-0.15, -0.1) is 11.8 Å². The van der Waals surface area contributed by atoms with E-state index >= 15 is 0 Å². The van der Waals surface area contributed by atoms with Crippen molar-refractivity contribution in [2.45, 2.75) is 6.04 Å². The van der Waals surface area contributed by atoms with Crippen LogP contribution in [0.1, 0.15) is 0 Å². The largest absolute Gasteiger partial charge is 0.322 e. The number of rotatable bonds is 2. The Morgan fingerprint density at radius 1 is 1.73 bits per heavy atom. The van der Waals surface area contributed by atoms with Gasteiger partial charge in [-0.05, 0) is 12.1 Å². The number of anilines is 1. The molecule has 1 aliphatic heterocycles. The van der Waals surface area contributed by atoms with E-state index in [1.54, 1.807) is 30.1 Å². The normalized spacial score (nSPS) is 20.2. The second-order valence-electron chi connectivity index (χ2n) is 3.10. The van der Waals surface area contributed by atoms with Crippen LogP contribution in [-0.2, 0) is 4.79 Å². The van der Waals surface area contributed by atoms with Gasteiger partial charge < -0.3 is 5.32 Å². The summed E-state index contributed by atoms with van der Waals surface area (Å²) in [5.74, 6) is 1.55. The van der Waals surface area contributed by atoms with Gasteiger partial charge in [0.25, 0.3) is 0 Å². The Hall–Kier alpha value is -0.780. The van der Waals surface area contributed by atoms with Crippen molar-refractivity contribution in [3.8, 4) is 0 Å². The minimum Gasteiger partial charge on any atom is -0.322 e. The summed E-state index contributed by atoms with van der Waals surface area (Å²) in [6.07, 6.45) is 1.58. The van der Waals surface area contributed by atoms with Gasteiger partial charge in [0.1, 0.15) is 0 Å². The molecule has 2 heterocycles. The molecule has 0 bridgehead atoms. The first-order chi connectivity index (χ1) is 7.27. The molecule has 2 rings (SSSR count). The van der Waals surface area contributed by atoms with Gasteiger partial charge in [-0.1, -0.05) is 11.6 Å². The van der Waals surface area contributed by atoms with Gasteiger partial charge in [-0.3, -0.25) is 10.1 Å². The van der Waals surface area contributed by atoms with Crippen molar-refractivity contribution < 1.29 is 4.79 Å². The van der Waals surface area contributed by atoms with E-state index in [1.165, 1.54) is 0 Å². The molecule has 0 radical (unpaired) electrons. The van der Waals surface area contributed by atoms with E-state index < -0.39 is 0 Å². The first-order valence-electron chi connectivity index (χ1n) is 4.50. The molecule has 0 aliphatic carbocycles. The van der Waals surface area contributed by atoms with Crippen LogP contribution in [0.5, 0.6) is 0 Å². The van der Waals surface area contributed by atoms with E-state index in [-0.39, 0.29) is 11.9 Å². The Morgan fingerprint density at radius 3 is 3.27 bits per heavy atom. The molecule has 4 nitrogen and oxygen atoms in total. The Balaban J connectivity index is 2.02. The summed E-state index contributed by atoms with van der Waals surface area (Å²) in [5, 5.41) is 6.14. The number of nitrogens with one attached hydrogen (secondary N) is 2. The molecule has 15 heavy (non-hydrogen) atoms. The third-order valence-electron chi connectivity index (χ3n) is 2.05. The zero-order valence-electron chi connectivity index (χ0n) is 7.87. The number of carbonyl (C=O) groups is 1. The molecular formula is C9H10ClN3OS. The second-order valence-corrected chi connectivity index (χ2v) is 4.49. The molecule has 6 heteroatoms. The first-order valence-corrected chi connectivity index (χ1v) is 6.03. The Morgan fingerprint density at radius 2 is 2.60 bits per heavy atom. The van der Waals surface area contributed by atoms with Gasteiger partial charge in [-0.25, -0.2) is 4.98 Å². The number of halogens is 1. The lowest BCUT2D eigenvalue weighted by molar-refractivity contribution is -0.117. The molecule has 1 saturated heterocycles. The fourth-order valence-electron chi connectivity index (χ4n) is 1.26. The van der Waals surface area contributed by atoms with E-state index in [4.69, 9.17) is 11.6 Å². The summed E-state index contributed by atoms with van der Waals surface area (Å²) >= 11 is 7.53. The van der Waals surface area contributed by atoms with Crippen molar-refractivity contribution in [2.75, 3.05) is 16.9 Å². The fourth-order valence-corrected chi connectivity index (χ4v) is 2.37. The molecule has 1 aliphatic rings. The molecule has 1 unspecified atom stereocenters. The third-order valence-corrected chi connectivity index (χ3v) is 3.29. The van der Waals surface area contributed by atoms with Gasteiger partial charge in [0.15, 0.2) is 5.15 Å². The van der Waals surface area contributed by atoms with E-state index in [1.807, 2.05) is 0 Å². The van der Waals surface area contributed by atoms with Gasteiger partial charge in [0.2, 0.25) is 5.91 Å². The number of hydrogen-bond acceptors (Lipinski definition) is 4. The molecule has 1 aromatic rings. The standard InChI is InChI=1S/C9H10ClN3OS/c10-8-6(2-1-3-11-8)13-9(14)7-4-15-5-12-7/h1-3,7,12H,4-5H2,(H,13,14). The van der Waals surface area contributed by atoms with Crippen LogP contribution < -0.4 is 10.6 Å². The number of hydrogen-bond donors (Lipinski definition) is 2. The monoisotopic (exact) mass is 243 g/mol. The number of thioether (sulfide) groups is 1. The Kier molecular flexibility index (Phi) is 3.45. The van der Waals surface area contributed by atoms with Crippen LogP contribution in [0.2, 0.25) is 5.15 Å². The highest BCUT2D eigenvalue weighted by Gasteiger charge is 2.22. The lowest BCUT2D eigenvalue weighted by atomic mass is 10.3. The maximum Gasteiger partial charge on any atom is 0.242 e. The second kappa shape index (κ2) is 4.83. The Labute approximate surface area is 96.8 Å². The van der Waals surface area contributed by atoms with Gasteiger partial charge in [0, 0.05) is 17.8 Å². The van der Waals surface area contributed by atoms with Gasteiger partial charge in [-0.2, -0.15) is 0 Å². The molecule has 1 amide bonds. The average molecular weight is 244 g/mol. The zero-order valence-corrected chi connectivity index (χ0v) is 9.44. The number of carbonyl (C=O) groups excluding carboxylic acids is 1. The highest BCUT2D eigenvalue weighted by molar-refractivity contribution is 7.99. The smallest absolute Gasteiger partial charge is 0.242 e. The van der Waals surface area contributed by atoms with Crippen molar-refractivity contribution in [3.63, 3.8) is 0 Å². The number of nitrogens with zero attached hydrogens (tertiary/aromatic N) is 1. The highest BCUT2D eigenvalue weighted by atomic mass is 35.5. The van der Waals surface area contributed by atoms with Crippen LogP contribution in [0.3, 0.4) is 0 Å². The van der Waals surface area contributed by atoms with Gasteiger partial charge >= 0.3 is 0 Å². The van der Waals surface area contributed by atoms with Crippen LogP contribution in [0.15, 0.2) is 18.3 Å². The minimum atomic E-state index is -0.133. The van der Waals surface area contributed by atoms with E-state index in [0.717, 1.165) is 11.6 Å². The molecule has 1 aromatic heterocycles. The van der Waals surface area contributed by atoms with Crippen LogP contribution in [0, 0.1) is 0 Å². The number of amides is 1. The SMILES string of the molecule is O=C(Nc1cccnc1Cl)C1CSCN1. The summed E-state index contributed by atoms with van der Waals surface area (Å²) in [6.45, 7) is 0. The predicted molar refractivity (Wildman–Crippen MR) is 62.1 cm³/mol. The summed E-state index contributed by atoms with van der Waals surface area (Å²) < 4.78 is 0. The summed E-state index contributed by atoms with van der Waals surface area (Å²) in [5.41, 5.74) is 0.558. The molecule has 0 aromatic carbocycles. The molecule has 1 fully saturated rings. The molecule has 80 valence electrons. The van der Waals surface area contributed by atoms with Crippen LogP contribution in [0.4, 0.5) is 5.69 Å². The molecule has 1 atom stereocenters. The van der Waals surface area contributed by atoms with Crippen LogP contribution in [0.25, 0.3) is 0 Å². The van der Waals surface area contributed by atoms with Crippen molar-refractivity contribution in [1.29, 1.82) is 0 Å². The fraction of sp³-hybridized carbons (Fsp3) is 0.333. The average Bonchev–Trinajstić information content (AvgIpc) is 2.74. The lowest BCUT2D eigenvalue weighted by Crippen LogP contribution is -2.37. The first kappa shape index (κ1) is 10.7. The zero-order chi connectivity index (χ0) is 10.7. The maximum atomic E-state index is 11.7. The lowest BCUT2D eigenvalue weighted by Gasteiger charge is -2.10. The molecule has 0 saturated carbocycles. The molecule has 0 spiro atoms. The minimum absolute atomic E-state index is 0.0603. The van der Waals surface area contributed by atoms with Gasteiger partial charge in [0.05, 0.1) is 11.7 Å². The number of aromatic nitrogens is 1. The van der Waals surface area contributed by atoms with Crippen molar-refractivity contribution in [2.24, 2.45) is 0 Å². The topological polar surface area (TPSA) is 54.0 Å². The Bertz CT molecular complexity index is 368. The predicted octanol–water partition coefficient (Wildman–Crippen LogP) is 1.34. The molecule has 2 N–H and O–H groups in total. The van der Waals surface area contributed by atoms with E-state index in [9.17, 15) is 4.79 Å².